The van der Waals surface area contributed by atoms with Crippen LogP contribution in [0.2, 0.25) is 0 Å². The first-order chi connectivity index (χ1) is 7.43. The third-order valence-corrected chi connectivity index (χ3v) is 2.37. The summed E-state index contributed by atoms with van der Waals surface area (Å²) < 4.78 is 5.54. The molecule has 0 saturated carbocycles. The highest BCUT2D eigenvalue weighted by atomic mass is 16.5. The first-order valence-corrected chi connectivity index (χ1v) is 5.75. The van der Waals surface area contributed by atoms with Crippen LogP contribution in [0.25, 0.3) is 0 Å². The van der Waals surface area contributed by atoms with Crippen molar-refractivity contribution in [3.63, 3.8) is 0 Å². The summed E-state index contributed by atoms with van der Waals surface area (Å²) in [6.07, 6.45) is 4.44. The van der Waals surface area contributed by atoms with E-state index in [1.807, 2.05) is 6.07 Å². The van der Waals surface area contributed by atoms with Crippen LogP contribution in [0.3, 0.4) is 0 Å². The quantitative estimate of drug-likeness (QED) is 0.664. The summed E-state index contributed by atoms with van der Waals surface area (Å²) in [5.41, 5.74) is 6.75. The lowest BCUT2D eigenvalue weighted by atomic mass is 10.2. The van der Waals surface area contributed by atoms with Gasteiger partial charge in [-0.25, -0.2) is 0 Å². The van der Waals surface area contributed by atoms with E-state index < -0.39 is 0 Å². The highest BCUT2D eigenvalue weighted by Gasteiger charge is 1.92. The molecule has 1 aromatic rings. The molecule has 1 rings (SSSR count). The van der Waals surface area contributed by atoms with Crippen LogP contribution in [0.4, 0.5) is 0 Å². The molecule has 0 aliphatic rings. The molecule has 2 N–H and O–H groups in total. The lowest BCUT2D eigenvalue weighted by Crippen LogP contribution is -2.02. The minimum atomic E-state index is 0.796. The van der Waals surface area contributed by atoms with Gasteiger partial charge in [-0.3, -0.25) is 0 Å². The van der Waals surface area contributed by atoms with Gasteiger partial charge in [-0.1, -0.05) is 30.3 Å². The predicted octanol–water partition coefficient (Wildman–Crippen LogP) is 2.37. The molecule has 2 nitrogen and oxygen atoms in total. The summed E-state index contributed by atoms with van der Waals surface area (Å²) in [5.74, 6) is 0. The van der Waals surface area contributed by atoms with Crippen LogP contribution in [0, 0.1) is 0 Å². The zero-order valence-electron chi connectivity index (χ0n) is 9.32. The van der Waals surface area contributed by atoms with Gasteiger partial charge in [0.15, 0.2) is 0 Å². The van der Waals surface area contributed by atoms with Crippen LogP contribution < -0.4 is 5.73 Å². The van der Waals surface area contributed by atoms with Crippen molar-refractivity contribution in [1.29, 1.82) is 0 Å². The van der Waals surface area contributed by atoms with Gasteiger partial charge in [0.2, 0.25) is 0 Å². The molecule has 1 aromatic carbocycles. The molecule has 0 unspecified atom stereocenters. The van der Waals surface area contributed by atoms with Crippen molar-refractivity contribution in [1.82, 2.24) is 0 Å². The summed E-state index contributed by atoms with van der Waals surface area (Å²) in [4.78, 5) is 0. The number of hydrogen-bond donors (Lipinski definition) is 1. The minimum Gasteiger partial charge on any atom is -0.381 e. The Morgan fingerprint density at radius 3 is 2.47 bits per heavy atom. The lowest BCUT2D eigenvalue weighted by Gasteiger charge is -2.03. The van der Waals surface area contributed by atoms with E-state index in [1.54, 1.807) is 0 Å². The summed E-state index contributed by atoms with van der Waals surface area (Å²) in [6, 6.07) is 10.4. The Morgan fingerprint density at radius 2 is 1.73 bits per heavy atom. The molecule has 84 valence electrons. The van der Waals surface area contributed by atoms with Crippen molar-refractivity contribution in [2.45, 2.75) is 25.7 Å². The molecule has 0 atom stereocenters. The summed E-state index contributed by atoms with van der Waals surface area (Å²) in [5, 5.41) is 0. The average Bonchev–Trinajstić information content (AvgIpc) is 2.29. The van der Waals surface area contributed by atoms with Crippen LogP contribution >= 0.6 is 0 Å². The van der Waals surface area contributed by atoms with E-state index in [9.17, 15) is 0 Å². The van der Waals surface area contributed by atoms with Gasteiger partial charge < -0.3 is 10.5 Å². The topological polar surface area (TPSA) is 35.2 Å². The molecule has 0 saturated heterocycles. The Bertz CT molecular complexity index is 236. The lowest BCUT2D eigenvalue weighted by molar-refractivity contribution is 0.133. The third kappa shape index (κ3) is 6.26. The first-order valence-electron chi connectivity index (χ1n) is 5.75. The van der Waals surface area contributed by atoms with Crippen molar-refractivity contribution in [3.05, 3.63) is 35.9 Å². The van der Waals surface area contributed by atoms with Gasteiger partial charge in [0, 0.05) is 6.61 Å². The molecule has 0 aromatic heterocycles. The van der Waals surface area contributed by atoms with Crippen LogP contribution in [0.15, 0.2) is 30.3 Å². The molecule has 0 radical (unpaired) electrons. The fourth-order valence-electron chi connectivity index (χ4n) is 1.46. The zero-order chi connectivity index (χ0) is 10.8. The smallest absolute Gasteiger partial charge is 0.0506 e. The van der Waals surface area contributed by atoms with Crippen molar-refractivity contribution >= 4 is 0 Å². The Kier molecular flexibility index (Phi) is 6.88. The standard InChI is InChI=1S/C13H21NO/c14-10-5-2-6-11-15-12-9-13-7-3-1-4-8-13/h1,3-4,7-8H,2,5-6,9-12,14H2. The monoisotopic (exact) mass is 207 g/mol. The molecule has 2 heteroatoms. The van der Waals surface area contributed by atoms with E-state index in [1.165, 1.54) is 12.0 Å². The fraction of sp³-hybridized carbons (Fsp3) is 0.538. The van der Waals surface area contributed by atoms with Crippen LogP contribution in [0.5, 0.6) is 0 Å². The minimum absolute atomic E-state index is 0.796. The van der Waals surface area contributed by atoms with Gasteiger partial charge in [-0.2, -0.15) is 0 Å². The van der Waals surface area contributed by atoms with Crippen LogP contribution in [0.1, 0.15) is 24.8 Å². The maximum Gasteiger partial charge on any atom is 0.0506 e. The highest BCUT2D eigenvalue weighted by molar-refractivity contribution is 5.14. The van der Waals surface area contributed by atoms with E-state index in [0.717, 1.165) is 39.0 Å². The van der Waals surface area contributed by atoms with Crippen LogP contribution in [-0.4, -0.2) is 19.8 Å². The second-order valence-corrected chi connectivity index (χ2v) is 3.70. The Labute approximate surface area is 92.4 Å². The zero-order valence-corrected chi connectivity index (χ0v) is 9.32. The molecule has 15 heavy (non-hydrogen) atoms. The van der Waals surface area contributed by atoms with Gasteiger partial charge in [0.1, 0.15) is 0 Å². The molecule has 0 aliphatic heterocycles. The van der Waals surface area contributed by atoms with Gasteiger partial charge in [-0.15, -0.1) is 0 Å². The van der Waals surface area contributed by atoms with Crippen molar-refractivity contribution in [2.75, 3.05) is 19.8 Å². The number of nitrogens with two attached hydrogens (primary N) is 1. The Morgan fingerprint density at radius 1 is 0.933 bits per heavy atom. The highest BCUT2D eigenvalue weighted by Crippen LogP contribution is 2.00. The van der Waals surface area contributed by atoms with E-state index in [-0.39, 0.29) is 0 Å². The van der Waals surface area contributed by atoms with E-state index in [2.05, 4.69) is 24.3 Å². The number of hydrogen-bond acceptors (Lipinski definition) is 2. The largest absolute Gasteiger partial charge is 0.381 e. The van der Waals surface area contributed by atoms with Crippen molar-refractivity contribution in [2.24, 2.45) is 5.73 Å². The molecule has 0 heterocycles. The fourth-order valence-corrected chi connectivity index (χ4v) is 1.46. The van der Waals surface area contributed by atoms with Gasteiger partial charge in [0.05, 0.1) is 6.61 Å². The molecule has 0 amide bonds. The number of unbranched alkanes of at least 4 members (excludes halogenated alkanes) is 2. The maximum atomic E-state index is 5.54. The molecular weight excluding hydrogens is 186 g/mol. The molecule has 0 aliphatic carbocycles. The number of ether oxygens (including phenoxy) is 1. The SMILES string of the molecule is NCCCCCOCCc1ccccc1. The predicted molar refractivity (Wildman–Crippen MR) is 63.9 cm³/mol. The van der Waals surface area contributed by atoms with Crippen LogP contribution in [-0.2, 0) is 11.2 Å². The van der Waals surface area contributed by atoms with E-state index in [0.29, 0.717) is 0 Å². The number of benzene rings is 1. The average molecular weight is 207 g/mol. The molecule has 0 fully saturated rings. The number of rotatable bonds is 8. The third-order valence-electron chi connectivity index (χ3n) is 2.37. The molecule has 0 spiro atoms. The summed E-state index contributed by atoms with van der Waals surface area (Å²) in [7, 11) is 0. The maximum absolute atomic E-state index is 5.54. The van der Waals surface area contributed by atoms with Gasteiger partial charge >= 0.3 is 0 Å². The summed E-state index contributed by atoms with van der Waals surface area (Å²) >= 11 is 0. The second-order valence-electron chi connectivity index (χ2n) is 3.70. The van der Waals surface area contributed by atoms with Crippen molar-refractivity contribution < 1.29 is 4.74 Å². The van der Waals surface area contributed by atoms with E-state index >= 15 is 0 Å². The summed E-state index contributed by atoms with van der Waals surface area (Å²) in [6.45, 7) is 2.49. The Hall–Kier alpha value is -0.860. The second kappa shape index (κ2) is 8.45. The molecule has 0 bridgehead atoms. The first kappa shape index (κ1) is 12.2. The molecular formula is C13H21NO. The van der Waals surface area contributed by atoms with E-state index in [4.69, 9.17) is 10.5 Å². The van der Waals surface area contributed by atoms with Gasteiger partial charge in [-0.05, 0) is 37.8 Å². The van der Waals surface area contributed by atoms with Gasteiger partial charge in [0.25, 0.3) is 0 Å². The van der Waals surface area contributed by atoms with Crippen molar-refractivity contribution in [3.8, 4) is 0 Å². The normalized spacial score (nSPS) is 10.5. The Balaban J connectivity index is 1.93.